The van der Waals surface area contributed by atoms with E-state index in [1.165, 1.54) is 6.21 Å². The van der Waals surface area contributed by atoms with Gasteiger partial charge in [-0.25, -0.2) is 10.2 Å². The van der Waals surface area contributed by atoms with E-state index in [9.17, 15) is 14.9 Å². The number of fused-ring (bicyclic) bond motifs is 1. The lowest BCUT2D eigenvalue weighted by atomic mass is 10.0. The molecule has 4 aromatic carbocycles. The van der Waals surface area contributed by atoms with Gasteiger partial charge in [-0.2, -0.15) is 10.4 Å². The number of ether oxygens (including phenoxy) is 3. The fourth-order valence-corrected chi connectivity index (χ4v) is 6.32. The van der Waals surface area contributed by atoms with Crippen molar-refractivity contribution >= 4 is 72.5 Å². The monoisotopic (exact) mass is 762 g/mol. The molecular weight excluding hydrogens is 740 g/mol. The second kappa shape index (κ2) is 14.6. The first-order valence-electron chi connectivity index (χ1n) is 14.0. The molecule has 1 aromatic heterocycles. The third kappa shape index (κ3) is 6.94. The molecule has 232 valence electrons. The topological polar surface area (TPSA) is 126 Å². The van der Waals surface area contributed by atoms with Crippen LogP contribution in [0.2, 0.25) is 5.02 Å². The summed E-state index contributed by atoms with van der Waals surface area (Å²) in [4.78, 5) is 29.9. The summed E-state index contributed by atoms with van der Waals surface area (Å²) < 4.78 is 18.2. The molecule has 1 amide bonds. The number of carbonyl (C=O) groups excluding carboxylic acids is 2. The lowest BCUT2D eigenvalue weighted by Gasteiger charge is -2.13. The number of rotatable bonds is 10. The number of esters is 1. The Morgan fingerprint density at radius 1 is 1.00 bits per heavy atom. The summed E-state index contributed by atoms with van der Waals surface area (Å²) in [5, 5.41) is 14.9. The van der Waals surface area contributed by atoms with Crippen LogP contribution in [0.25, 0.3) is 22.0 Å². The molecule has 0 atom stereocenters. The highest BCUT2D eigenvalue weighted by molar-refractivity contribution is 9.11. The van der Waals surface area contributed by atoms with Crippen molar-refractivity contribution in [3.05, 3.63) is 109 Å². The van der Waals surface area contributed by atoms with Gasteiger partial charge >= 0.3 is 5.97 Å². The lowest BCUT2D eigenvalue weighted by molar-refractivity contribution is 0.0732. The van der Waals surface area contributed by atoms with Crippen molar-refractivity contribution in [3.8, 4) is 34.4 Å². The Hall–Kier alpha value is -4.63. The van der Waals surface area contributed by atoms with Gasteiger partial charge in [-0.3, -0.25) is 4.79 Å². The predicted molar refractivity (Wildman–Crippen MR) is 184 cm³/mol. The number of hydrazone groups is 1. The van der Waals surface area contributed by atoms with Gasteiger partial charge in [-0.05, 0) is 72.2 Å². The van der Waals surface area contributed by atoms with Gasteiger partial charge in [-0.1, -0.05) is 57.9 Å². The number of nitriles is 1. The van der Waals surface area contributed by atoms with Crippen molar-refractivity contribution in [2.45, 2.75) is 13.8 Å². The zero-order valence-corrected chi connectivity index (χ0v) is 28.4. The minimum absolute atomic E-state index is 0.172. The number of hydrogen-bond acceptors (Lipinski definition) is 7. The van der Waals surface area contributed by atoms with Crippen molar-refractivity contribution < 1.29 is 23.8 Å². The molecule has 0 fully saturated rings. The van der Waals surface area contributed by atoms with E-state index < -0.39 is 11.9 Å². The SMILES string of the molecule is CCOc1ccc(C(=O)Oc2c(Br)cc(Br)cc2C=NNC(=O)c2[nH]c3c(C#N)cccc3c2-c2ccccc2Cl)cc1OCC. The third-order valence-corrected chi connectivity index (χ3v) is 8.08. The smallest absolute Gasteiger partial charge is 0.343 e. The first-order chi connectivity index (χ1) is 22.2. The molecule has 5 aromatic rings. The molecule has 0 radical (unpaired) electrons. The Labute approximate surface area is 286 Å². The van der Waals surface area contributed by atoms with E-state index in [0.717, 1.165) is 0 Å². The highest BCUT2D eigenvalue weighted by Crippen LogP contribution is 2.38. The van der Waals surface area contributed by atoms with Gasteiger partial charge in [-0.15, -0.1) is 0 Å². The normalized spacial score (nSPS) is 11.0. The minimum Gasteiger partial charge on any atom is -0.490 e. The van der Waals surface area contributed by atoms with E-state index in [0.29, 0.717) is 71.8 Å². The van der Waals surface area contributed by atoms with Crippen LogP contribution in [0.4, 0.5) is 0 Å². The summed E-state index contributed by atoms with van der Waals surface area (Å²) in [6, 6.07) is 22.7. The maximum Gasteiger partial charge on any atom is 0.343 e. The molecule has 2 N–H and O–H groups in total. The van der Waals surface area contributed by atoms with Gasteiger partial charge < -0.3 is 19.2 Å². The molecule has 0 aliphatic carbocycles. The van der Waals surface area contributed by atoms with Gasteiger partial charge in [0.05, 0.1) is 40.5 Å². The Balaban J connectivity index is 1.45. The first kappa shape index (κ1) is 32.8. The van der Waals surface area contributed by atoms with Crippen molar-refractivity contribution in [1.82, 2.24) is 10.4 Å². The predicted octanol–water partition coefficient (Wildman–Crippen LogP) is 8.67. The number of carbonyl (C=O) groups is 2. The van der Waals surface area contributed by atoms with Gasteiger partial charge in [0.2, 0.25) is 0 Å². The first-order valence-corrected chi connectivity index (χ1v) is 16.0. The van der Waals surface area contributed by atoms with Crippen LogP contribution in [0, 0.1) is 11.3 Å². The van der Waals surface area contributed by atoms with E-state index in [4.69, 9.17) is 25.8 Å². The summed E-state index contributed by atoms with van der Waals surface area (Å²) >= 11 is 13.4. The van der Waals surface area contributed by atoms with Crippen LogP contribution in [0.3, 0.4) is 0 Å². The number of benzene rings is 4. The summed E-state index contributed by atoms with van der Waals surface area (Å²) in [6.07, 6.45) is 1.36. The fourth-order valence-electron chi connectivity index (χ4n) is 4.75. The number of amides is 1. The van der Waals surface area contributed by atoms with Gasteiger partial charge in [0.25, 0.3) is 5.91 Å². The van der Waals surface area contributed by atoms with E-state index >= 15 is 0 Å². The standard InChI is InChI=1S/C34H25Br2ClN4O5/c1-3-44-27-13-12-19(15-28(27)45-4-2)34(43)46-32-21(14-22(35)16-25(32)36)18-39-41-33(42)31-29(23-9-5-6-11-26(23)37)24-10-7-8-20(17-38)30(24)40-31/h5-16,18,40H,3-4H2,1-2H3,(H,41,42). The average Bonchev–Trinajstić information content (AvgIpc) is 3.43. The number of para-hydroxylation sites is 1. The van der Waals surface area contributed by atoms with Gasteiger partial charge in [0, 0.05) is 31.6 Å². The molecule has 0 saturated carbocycles. The van der Waals surface area contributed by atoms with Crippen LogP contribution in [0.15, 0.2) is 86.8 Å². The zero-order chi connectivity index (χ0) is 32.8. The maximum atomic E-state index is 13.5. The Bertz CT molecular complexity index is 2040. The molecule has 12 heteroatoms. The lowest BCUT2D eigenvalue weighted by Crippen LogP contribution is -2.19. The molecule has 5 rings (SSSR count). The summed E-state index contributed by atoms with van der Waals surface area (Å²) in [7, 11) is 0. The number of nitrogens with one attached hydrogen (secondary N) is 2. The Kier molecular flexibility index (Phi) is 10.4. The van der Waals surface area contributed by atoms with Crippen molar-refractivity contribution in [1.29, 1.82) is 5.26 Å². The minimum atomic E-state index is -0.638. The van der Waals surface area contributed by atoms with Crippen molar-refractivity contribution in [2.24, 2.45) is 5.10 Å². The number of H-pyrrole nitrogens is 1. The second-order valence-electron chi connectivity index (χ2n) is 9.62. The molecule has 46 heavy (non-hydrogen) atoms. The molecule has 0 spiro atoms. The summed E-state index contributed by atoms with van der Waals surface area (Å²) in [6.45, 7) is 4.53. The van der Waals surface area contributed by atoms with Gasteiger partial charge in [0.15, 0.2) is 17.2 Å². The Morgan fingerprint density at radius 2 is 1.76 bits per heavy atom. The van der Waals surface area contributed by atoms with E-state index in [1.54, 1.807) is 60.7 Å². The number of hydrogen-bond donors (Lipinski definition) is 2. The van der Waals surface area contributed by atoms with E-state index in [2.05, 4.69) is 53.4 Å². The zero-order valence-electron chi connectivity index (χ0n) is 24.5. The molecule has 1 heterocycles. The summed E-state index contributed by atoms with van der Waals surface area (Å²) in [5.74, 6) is -0.0868. The highest BCUT2D eigenvalue weighted by atomic mass is 79.9. The van der Waals surface area contributed by atoms with Gasteiger partial charge in [0.1, 0.15) is 11.8 Å². The summed E-state index contributed by atoms with van der Waals surface area (Å²) in [5.41, 5.74) is 5.38. The molecule has 0 saturated heterocycles. The van der Waals surface area contributed by atoms with Crippen molar-refractivity contribution in [2.75, 3.05) is 13.2 Å². The van der Waals surface area contributed by atoms with Crippen LogP contribution in [-0.4, -0.2) is 36.3 Å². The highest BCUT2D eigenvalue weighted by Gasteiger charge is 2.23. The van der Waals surface area contributed by atoms with E-state index in [1.807, 2.05) is 26.0 Å². The number of aromatic amines is 1. The average molecular weight is 765 g/mol. The van der Waals surface area contributed by atoms with Crippen LogP contribution in [0.5, 0.6) is 17.2 Å². The number of nitrogens with zero attached hydrogens (tertiary/aromatic N) is 2. The van der Waals surface area contributed by atoms with Crippen LogP contribution in [-0.2, 0) is 0 Å². The fraction of sp³-hybridized carbons (Fsp3) is 0.118. The number of aromatic nitrogens is 1. The quantitative estimate of drug-likeness (QED) is 0.0635. The maximum absolute atomic E-state index is 13.5. The Morgan fingerprint density at radius 3 is 2.50 bits per heavy atom. The number of halogens is 3. The third-order valence-electron chi connectivity index (χ3n) is 6.71. The molecular formula is C34H25Br2ClN4O5. The molecule has 0 unspecified atom stereocenters. The molecule has 0 aliphatic rings. The molecule has 0 bridgehead atoms. The largest absolute Gasteiger partial charge is 0.490 e. The van der Waals surface area contributed by atoms with Crippen LogP contribution in [0.1, 0.15) is 45.8 Å². The van der Waals surface area contributed by atoms with Crippen LogP contribution < -0.4 is 19.6 Å². The van der Waals surface area contributed by atoms with E-state index in [-0.39, 0.29) is 17.0 Å². The van der Waals surface area contributed by atoms with Crippen LogP contribution >= 0.6 is 43.5 Å². The van der Waals surface area contributed by atoms with Crippen molar-refractivity contribution in [3.63, 3.8) is 0 Å². The molecule has 0 aliphatic heterocycles. The second-order valence-corrected chi connectivity index (χ2v) is 11.8. The molecule has 9 nitrogen and oxygen atoms in total.